The molecule has 15 heavy (non-hydrogen) atoms. The van der Waals surface area contributed by atoms with E-state index in [1.54, 1.807) is 0 Å². The standard InChI is InChI=1S/C12H26O2Si/c1-6-8-9-10-11(15(3,4)5)12(13)14-7-2/h11H,6-10H2,1-5H3. The van der Waals surface area contributed by atoms with Crippen molar-refractivity contribution in [3.8, 4) is 0 Å². The third-order valence-electron chi connectivity index (χ3n) is 2.71. The number of hydrogen-bond donors (Lipinski definition) is 0. The molecule has 1 unspecified atom stereocenters. The highest BCUT2D eigenvalue weighted by Gasteiger charge is 2.33. The van der Waals surface area contributed by atoms with Gasteiger partial charge in [-0.2, -0.15) is 0 Å². The first kappa shape index (κ1) is 14.7. The molecule has 0 fully saturated rings. The molecule has 0 saturated carbocycles. The molecule has 1 atom stereocenters. The van der Waals surface area contributed by atoms with E-state index in [4.69, 9.17) is 4.74 Å². The zero-order valence-electron chi connectivity index (χ0n) is 10.9. The minimum Gasteiger partial charge on any atom is -0.466 e. The van der Waals surface area contributed by atoms with Crippen molar-refractivity contribution in [2.24, 2.45) is 0 Å². The molecule has 2 nitrogen and oxygen atoms in total. The number of unbranched alkanes of at least 4 members (excludes halogenated alkanes) is 2. The molecule has 0 amide bonds. The first-order valence-corrected chi connectivity index (χ1v) is 9.67. The lowest BCUT2D eigenvalue weighted by molar-refractivity contribution is -0.143. The Balaban J connectivity index is 4.25. The van der Waals surface area contributed by atoms with E-state index in [0.717, 1.165) is 12.8 Å². The highest BCUT2D eigenvalue weighted by atomic mass is 28.3. The van der Waals surface area contributed by atoms with Crippen LogP contribution in [0.15, 0.2) is 0 Å². The predicted molar refractivity (Wildman–Crippen MR) is 67.9 cm³/mol. The molecule has 0 saturated heterocycles. The average Bonchev–Trinajstić information content (AvgIpc) is 2.10. The SMILES string of the molecule is CCCCCC(C(=O)OCC)[Si](C)(C)C. The molecule has 0 heterocycles. The van der Waals surface area contributed by atoms with E-state index in [0.29, 0.717) is 6.61 Å². The van der Waals surface area contributed by atoms with Crippen molar-refractivity contribution in [3.05, 3.63) is 0 Å². The van der Waals surface area contributed by atoms with E-state index in [1.165, 1.54) is 12.8 Å². The van der Waals surface area contributed by atoms with Crippen LogP contribution in [-0.4, -0.2) is 20.7 Å². The van der Waals surface area contributed by atoms with Crippen LogP contribution in [0.5, 0.6) is 0 Å². The summed E-state index contributed by atoms with van der Waals surface area (Å²) in [6.07, 6.45) is 4.61. The van der Waals surface area contributed by atoms with Crippen molar-refractivity contribution < 1.29 is 9.53 Å². The van der Waals surface area contributed by atoms with Crippen molar-refractivity contribution in [2.45, 2.75) is 64.7 Å². The van der Waals surface area contributed by atoms with Crippen LogP contribution in [0.1, 0.15) is 39.5 Å². The highest BCUT2D eigenvalue weighted by Crippen LogP contribution is 2.29. The maximum Gasteiger partial charge on any atom is 0.306 e. The maximum absolute atomic E-state index is 11.8. The van der Waals surface area contributed by atoms with Crippen LogP contribution in [0.25, 0.3) is 0 Å². The van der Waals surface area contributed by atoms with Crippen LogP contribution in [0.2, 0.25) is 25.2 Å². The Labute approximate surface area is 95.4 Å². The molecular weight excluding hydrogens is 204 g/mol. The number of carbonyl (C=O) groups is 1. The van der Waals surface area contributed by atoms with Crippen molar-refractivity contribution in [1.82, 2.24) is 0 Å². The van der Waals surface area contributed by atoms with Gasteiger partial charge in [0.25, 0.3) is 0 Å². The summed E-state index contributed by atoms with van der Waals surface area (Å²) in [7, 11) is -1.41. The highest BCUT2D eigenvalue weighted by molar-refractivity contribution is 6.80. The van der Waals surface area contributed by atoms with E-state index >= 15 is 0 Å². The molecule has 0 aromatic heterocycles. The summed E-state index contributed by atoms with van der Waals surface area (Å²) in [5.74, 6) is 0.0350. The van der Waals surface area contributed by atoms with Crippen LogP contribution >= 0.6 is 0 Å². The van der Waals surface area contributed by atoms with Gasteiger partial charge >= 0.3 is 5.97 Å². The van der Waals surface area contributed by atoms with Crippen LogP contribution < -0.4 is 0 Å². The van der Waals surface area contributed by atoms with Gasteiger partial charge in [0, 0.05) is 0 Å². The van der Waals surface area contributed by atoms with Gasteiger partial charge in [0.15, 0.2) is 0 Å². The number of carbonyl (C=O) groups excluding carboxylic acids is 1. The summed E-state index contributed by atoms with van der Waals surface area (Å²) in [5.41, 5.74) is 0.184. The van der Waals surface area contributed by atoms with Gasteiger partial charge in [-0.1, -0.05) is 45.8 Å². The second-order valence-corrected chi connectivity index (χ2v) is 10.6. The molecule has 0 N–H and O–H groups in total. The van der Waals surface area contributed by atoms with Gasteiger partial charge in [-0.3, -0.25) is 4.79 Å². The van der Waals surface area contributed by atoms with Crippen LogP contribution in [0.3, 0.4) is 0 Å². The number of esters is 1. The average molecular weight is 230 g/mol. The van der Waals surface area contributed by atoms with Gasteiger partial charge in [-0.15, -0.1) is 0 Å². The molecule has 3 heteroatoms. The topological polar surface area (TPSA) is 26.3 Å². The molecule has 0 aromatic rings. The van der Waals surface area contributed by atoms with E-state index < -0.39 is 8.07 Å². The molecule has 0 aliphatic carbocycles. The molecule has 0 aliphatic heterocycles. The fraction of sp³-hybridized carbons (Fsp3) is 0.917. The summed E-state index contributed by atoms with van der Waals surface area (Å²) in [4.78, 5) is 11.8. The second-order valence-electron chi connectivity index (χ2n) is 5.17. The number of ether oxygens (including phenoxy) is 1. The Bertz CT molecular complexity index is 185. The summed E-state index contributed by atoms with van der Waals surface area (Å²) < 4.78 is 5.16. The molecule has 0 radical (unpaired) electrons. The Morgan fingerprint density at radius 1 is 1.20 bits per heavy atom. The maximum atomic E-state index is 11.8. The molecular formula is C12H26O2Si. The largest absolute Gasteiger partial charge is 0.466 e. The van der Waals surface area contributed by atoms with Gasteiger partial charge in [0.1, 0.15) is 0 Å². The third kappa shape index (κ3) is 5.98. The molecule has 0 bridgehead atoms. The first-order chi connectivity index (χ1) is 6.93. The Morgan fingerprint density at radius 3 is 2.20 bits per heavy atom. The quantitative estimate of drug-likeness (QED) is 0.377. The summed E-state index contributed by atoms with van der Waals surface area (Å²) in [5, 5.41) is 0. The summed E-state index contributed by atoms with van der Waals surface area (Å²) >= 11 is 0. The van der Waals surface area contributed by atoms with Gasteiger partial charge in [-0.25, -0.2) is 0 Å². The fourth-order valence-electron chi connectivity index (χ4n) is 1.75. The predicted octanol–water partition coefficient (Wildman–Crippen LogP) is 3.84. The molecule has 90 valence electrons. The van der Waals surface area contributed by atoms with Crippen LogP contribution in [0.4, 0.5) is 0 Å². The van der Waals surface area contributed by atoms with E-state index in [1.807, 2.05) is 6.92 Å². The van der Waals surface area contributed by atoms with E-state index in [2.05, 4.69) is 26.6 Å². The molecule has 0 aromatic carbocycles. The van der Waals surface area contributed by atoms with Gasteiger partial charge in [-0.05, 0) is 13.3 Å². The molecule has 0 rings (SSSR count). The zero-order valence-corrected chi connectivity index (χ0v) is 11.9. The number of rotatable bonds is 7. The Morgan fingerprint density at radius 2 is 1.80 bits per heavy atom. The monoisotopic (exact) mass is 230 g/mol. The van der Waals surface area contributed by atoms with E-state index in [-0.39, 0.29) is 11.5 Å². The normalized spacial score (nSPS) is 13.7. The smallest absolute Gasteiger partial charge is 0.306 e. The van der Waals surface area contributed by atoms with Gasteiger partial charge in [0.05, 0.1) is 20.2 Å². The van der Waals surface area contributed by atoms with Crippen molar-refractivity contribution in [2.75, 3.05) is 6.61 Å². The van der Waals surface area contributed by atoms with Gasteiger partial charge in [0.2, 0.25) is 0 Å². The van der Waals surface area contributed by atoms with Crippen LogP contribution in [0, 0.1) is 0 Å². The minimum absolute atomic E-state index is 0.0350. The third-order valence-corrected chi connectivity index (χ3v) is 5.33. The minimum atomic E-state index is -1.41. The van der Waals surface area contributed by atoms with E-state index in [9.17, 15) is 4.79 Å². The number of hydrogen-bond acceptors (Lipinski definition) is 2. The molecule has 0 aliphatic rings. The lowest BCUT2D eigenvalue weighted by Crippen LogP contribution is -2.34. The Kier molecular flexibility index (Phi) is 6.90. The second kappa shape index (κ2) is 7.04. The molecule has 0 spiro atoms. The zero-order chi connectivity index (χ0) is 11.9. The lowest BCUT2D eigenvalue weighted by atomic mass is 10.1. The summed E-state index contributed by atoms with van der Waals surface area (Å²) in [6.45, 7) is 11.3. The Hall–Kier alpha value is -0.313. The van der Waals surface area contributed by atoms with Crippen molar-refractivity contribution >= 4 is 14.0 Å². The van der Waals surface area contributed by atoms with Crippen molar-refractivity contribution in [3.63, 3.8) is 0 Å². The van der Waals surface area contributed by atoms with Crippen molar-refractivity contribution in [1.29, 1.82) is 0 Å². The first-order valence-electron chi connectivity index (χ1n) is 6.10. The lowest BCUT2D eigenvalue weighted by Gasteiger charge is -2.26. The summed E-state index contributed by atoms with van der Waals surface area (Å²) in [6, 6.07) is 0. The van der Waals surface area contributed by atoms with Gasteiger partial charge < -0.3 is 4.74 Å². The van der Waals surface area contributed by atoms with Crippen LogP contribution in [-0.2, 0) is 9.53 Å². The fourth-order valence-corrected chi connectivity index (χ4v) is 3.61.